The molecule has 1 aromatic heterocycles. The number of aryl methyl sites for hydroxylation is 1. The van der Waals surface area contributed by atoms with Crippen LogP contribution in [0.4, 0.5) is 5.82 Å². The number of nitrogens with one attached hydrogen (secondary N) is 1. The van der Waals surface area contributed by atoms with Gasteiger partial charge in [0.25, 0.3) is 0 Å². The fourth-order valence-corrected chi connectivity index (χ4v) is 2.71. The molecule has 0 spiro atoms. The maximum absolute atomic E-state index is 4.38. The molecule has 3 rings (SSSR count). The van der Waals surface area contributed by atoms with Gasteiger partial charge in [-0.25, -0.2) is 9.97 Å². The molecule has 0 fully saturated rings. The van der Waals surface area contributed by atoms with E-state index in [4.69, 9.17) is 0 Å². The van der Waals surface area contributed by atoms with E-state index >= 15 is 0 Å². The van der Waals surface area contributed by atoms with Crippen LogP contribution in [0.15, 0.2) is 67.0 Å². The Morgan fingerprint density at radius 1 is 0.826 bits per heavy atom. The molecule has 0 bridgehead atoms. The van der Waals surface area contributed by atoms with Crippen molar-refractivity contribution in [3.05, 3.63) is 89.4 Å². The molecule has 0 atom stereocenters. The van der Waals surface area contributed by atoms with Gasteiger partial charge in [0.2, 0.25) is 0 Å². The Labute approximate surface area is 137 Å². The van der Waals surface area contributed by atoms with E-state index in [0.717, 1.165) is 23.6 Å². The van der Waals surface area contributed by atoms with Gasteiger partial charge in [-0.3, -0.25) is 0 Å². The van der Waals surface area contributed by atoms with E-state index in [9.17, 15) is 0 Å². The molecule has 1 heterocycles. The lowest BCUT2D eigenvalue weighted by atomic mass is 9.91. The molecule has 2 aromatic carbocycles. The predicted octanol–water partition coefficient (Wildman–Crippen LogP) is 4.34. The first kappa shape index (κ1) is 15.2. The normalized spacial score (nSPS) is 10.7. The highest BCUT2D eigenvalue weighted by molar-refractivity contribution is 5.46. The molecule has 0 saturated heterocycles. The van der Waals surface area contributed by atoms with Gasteiger partial charge in [0.15, 0.2) is 0 Å². The quantitative estimate of drug-likeness (QED) is 0.762. The van der Waals surface area contributed by atoms with E-state index in [-0.39, 0.29) is 5.92 Å². The average molecular weight is 303 g/mol. The first-order valence-corrected chi connectivity index (χ1v) is 7.87. The number of aromatic nitrogens is 2. The van der Waals surface area contributed by atoms with Crippen LogP contribution in [0.25, 0.3) is 0 Å². The summed E-state index contributed by atoms with van der Waals surface area (Å²) in [6, 6.07) is 21.2. The second kappa shape index (κ2) is 7.05. The average Bonchev–Trinajstić information content (AvgIpc) is 2.60. The summed E-state index contributed by atoms with van der Waals surface area (Å²) in [5.41, 5.74) is 4.72. The van der Waals surface area contributed by atoms with Gasteiger partial charge < -0.3 is 5.32 Å². The molecule has 0 aliphatic rings. The van der Waals surface area contributed by atoms with Crippen molar-refractivity contribution >= 4 is 5.82 Å². The van der Waals surface area contributed by atoms with Crippen LogP contribution in [-0.4, -0.2) is 16.5 Å². The van der Waals surface area contributed by atoms with Crippen molar-refractivity contribution in [3.63, 3.8) is 0 Å². The zero-order chi connectivity index (χ0) is 16.1. The molecule has 3 heteroatoms. The summed E-state index contributed by atoms with van der Waals surface area (Å²) in [6.07, 6.45) is 1.62. The van der Waals surface area contributed by atoms with Crippen molar-refractivity contribution in [2.75, 3.05) is 11.9 Å². The molecule has 0 amide bonds. The monoisotopic (exact) mass is 303 g/mol. The van der Waals surface area contributed by atoms with Gasteiger partial charge in [-0.15, -0.1) is 0 Å². The van der Waals surface area contributed by atoms with E-state index in [1.54, 1.807) is 6.33 Å². The largest absolute Gasteiger partial charge is 0.369 e. The molecule has 3 aromatic rings. The zero-order valence-electron chi connectivity index (χ0n) is 13.5. The Bertz CT molecular complexity index is 715. The highest BCUT2D eigenvalue weighted by atomic mass is 15.0. The van der Waals surface area contributed by atoms with Gasteiger partial charge in [-0.2, -0.15) is 0 Å². The van der Waals surface area contributed by atoms with Gasteiger partial charge in [0.05, 0.1) is 0 Å². The lowest BCUT2D eigenvalue weighted by molar-refractivity contribution is 0.844. The Balaban J connectivity index is 1.86. The standard InChI is InChI=1S/C20H21N3/c1-15-16(2)22-14-23-20(15)21-13-19(17-9-5-3-6-10-17)18-11-7-4-8-12-18/h3-12,14,19H,13H2,1-2H3,(H,21,22,23). The first-order valence-electron chi connectivity index (χ1n) is 7.87. The van der Waals surface area contributed by atoms with Crippen molar-refractivity contribution in [3.8, 4) is 0 Å². The lowest BCUT2D eigenvalue weighted by Crippen LogP contribution is -2.16. The van der Waals surface area contributed by atoms with Crippen molar-refractivity contribution < 1.29 is 0 Å². The minimum atomic E-state index is 0.284. The van der Waals surface area contributed by atoms with Crippen LogP contribution in [0.5, 0.6) is 0 Å². The summed E-state index contributed by atoms with van der Waals surface area (Å²) in [5, 5.41) is 3.50. The zero-order valence-corrected chi connectivity index (χ0v) is 13.5. The summed E-state index contributed by atoms with van der Waals surface area (Å²) >= 11 is 0. The number of nitrogens with zero attached hydrogens (tertiary/aromatic N) is 2. The van der Waals surface area contributed by atoms with Crippen LogP contribution in [-0.2, 0) is 0 Å². The van der Waals surface area contributed by atoms with Gasteiger partial charge in [-0.1, -0.05) is 60.7 Å². The van der Waals surface area contributed by atoms with Crippen LogP contribution in [0, 0.1) is 13.8 Å². The fraction of sp³-hybridized carbons (Fsp3) is 0.200. The number of rotatable bonds is 5. The van der Waals surface area contributed by atoms with Gasteiger partial charge in [-0.05, 0) is 25.0 Å². The van der Waals surface area contributed by atoms with Crippen LogP contribution in [0.2, 0.25) is 0 Å². The Morgan fingerprint density at radius 3 is 1.96 bits per heavy atom. The van der Waals surface area contributed by atoms with Crippen LogP contribution >= 0.6 is 0 Å². The van der Waals surface area contributed by atoms with E-state index in [2.05, 4.69) is 82.9 Å². The van der Waals surface area contributed by atoms with Crippen molar-refractivity contribution in [1.82, 2.24) is 9.97 Å². The molecule has 3 nitrogen and oxygen atoms in total. The fourth-order valence-electron chi connectivity index (χ4n) is 2.71. The summed E-state index contributed by atoms with van der Waals surface area (Å²) in [4.78, 5) is 8.61. The van der Waals surface area contributed by atoms with E-state index in [1.807, 2.05) is 6.92 Å². The minimum absolute atomic E-state index is 0.284. The number of hydrogen-bond acceptors (Lipinski definition) is 3. The third-order valence-electron chi connectivity index (χ3n) is 4.21. The molecule has 116 valence electrons. The second-order valence-corrected chi connectivity index (χ2v) is 5.69. The number of hydrogen-bond donors (Lipinski definition) is 1. The van der Waals surface area contributed by atoms with E-state index < -0.39 is 0 Å². The third kappa shape index (κ3) is 3.57. The summed E-state index contributed by atoms with van der Waals surface area (Å²) in [7, 11) is 0. The van der Waals surface area contributed by atoms with Gasteiger partial charge >= 0.3 is 0 Å². The molecule has 0 unspecified atom stereocenters. The number of anilines is 1. The maximum atomic E-state index is 4.38. The SMILES string of the molecule is Cc1ncnc(NCC(c2ccccc2)c2ccccc2)c1C. The van der Waals surface area contributed by atoms with Crippen LogP contribution in [0.1, 0.15) is 28.3 Å². The van der Waals surface area contributed by atoms with Gasteiger partial charge in [0, 0.05) is 23.7 Å². The molecule has 1 N–H and O–H groups in total. The lowest BCUT2D eigenvalue weighted by Gasteiger charge is -2.20. The van der Waals surface area contributed by atoms with Crippen LogP contribution < -0.4 is 5.32 Å². The molecular weight excluding hydrogens is 282 g/mol. The summed E-state index contributed by atoms with van der Waals surface area (Å²) in [5.74, 6) is 1.20. The second-order valence-electron chi connectivity index (χ2n) is 5.69. The molecule has 0 saturated carbocycles. The van der Waals surface area contributed by atoms with E-state index in [0.29, 0.717) is 0 Å². The minimum Gasteiger partial charge on any atom is -0.369 e. The van der Waals surface area contributed by atoms with Crippen molar-refractivity contribution in [2.24, 2.45) is 0 Å². The predicted molar refractivity (Wildman–Crippen MR) is 94.7 cm³/mol. The van der Waals surface area contributed by atoms with E-state index in [1.165, 1.54) is 11.1 Å². The summed E-state index contributed by atoms with van der Waals surface area (Å²) in [6.45, 7) is 4.86. The Morgan fingerprint density at radius 2 is 1.39 bits per heavy atom. The number of benzene rings is 2. The van der Waals surface area contributed by atoms with Crippen molar-refractivity contribution in [1.29, 1.82) is 0 Å². The maximum Gasteiger partial charge on any atom is 0.132 e. The molecule has 0 radical (unpaired) electrons. The smallest absolute Gasteiger partial charge is 0.132 e. The topological polar surface area (TPSA) is 37.8 Å². The molecule has 23 heavy (non-hydrogen) atoms. The third-order valence-corrected chi connectivity index (χ3v) is 4.21. The highest BCUT2D eigenvalue weighted by Crippen LogP contribution is 2.25. The Kier molecular flexibility index (Phi) is 4.67. The first-order chi connectivity index (χ1) is 11.3. The summed E-state index contributed by atoms with van der Waals surface area (Å²) < 4.78 is 0. The van der Waals surface area contributed by atoms with Crippen molar-refractivity contribution in [2.45, 2.75) is 19.8 Å². The Hall–Kier alpha value is -2.68. The van der Waals surface area contributed by atoms with Crippen LogP contribution in [0.3, 0.4) is 0 Å². The van der Waals surface area contributed by atoms with Gasteiger partial charge in [0.1, 0.15) is 12.1 Å². The molecule has 0 aliphatic carbocycles. The molecular formula is C20H21N3. The highest BCUT2D eigenvalue weighted by Gasteiger charge is 2.14. The molecule has 0 aliphatic heterocycles.